The smallest absolute Gasteiger partial charge is 0.420 e. The molecule has 0 atom stereocenters. The molecule has 1 aromatic carbocycles. The van der Waals surface area contributed by atoms with Gasteiger partial charge in [0.1, 0.15) is 5.75 Å². The molecule has 6 heteroatoms. The normalized spacial score (nSPS) is 10.8. The molecular weight excluding hydrogens is 310 g/mol. The fraction of sp³-hybridized carbons (Fsp3) is 0.125. The molecule has 0 amide bonds. The van der Waals surface area contributed by atoms with Crippen LogP contribution in [0.1, 0.15) is 11.1 Å². The highest BCUT2D eigenvalue weighted by molar-refractivity contribution is 14.1. The lowest BCUT2D eigenvalue weighted by Gasteiger charge is -2.10. The summed E-state index contributed by atoms with van der Waals surface area (Å²) >= 11 is 1.36. The molecule has 0 aliphatic carbocycles. The Labute approximate surface area is 92.0 Å². The molecule has 0 heterocycles. The summed E-state index contributed by atoms with van der Waals surface area (Å²) in [5, 5.41) is 8.43. The molecule has 0 aliphatic rings. The van der Waals surface area contributed by atoms with E-state index in [1.165, 1.54) is 29.1 Å². The van der Waals surface area contributed by atoms with E-state index in [1.807, 2.05) is 0 Å². The first-order valence-electron chi connectivity index (χ1n) is 3.39. The minimum atomic E-state index is -4.51. The van der Waals surface area contributed by atoms with Crippen LogP contribution in [0.4, 0.5) is 13.2 Å². The maximum absolute atomic E-state index is 12.4. The predicted octanol–water partition coefficient (Wildman–Crippen LogP) is 3.31. The summed E-state index contributed by atoms with van der Waals surface area (Å²) in [6.07, 6.45) is -4.51. The molecule has 1 aromatic rings. The average molecular weight is 313 g/mol. The van der Waals surface area contributed by atoms with Gasteiger partial charge >= 0.3 is 6.18 Å². The molecule has 0 saturated heterocycles. The van der Waals surface area contributed by atoms with Crippen molar-refractivity contribution in [1.82, 2.24) is 0 Å². The Hall–Kier alpha value is -0.970. The van der Waals surface area contributed by atoms with Crippen molar-refractivity contribution in [3.63, 3.8) is 0 Å². The van der Waals surface area contributed by atoms with Crippen molar-refractivity contribution in [2.24, 2.45) is 0 Å². The summed E-state index contributed by atoms with van der Waals surface area (Å²) in [5.74, 6) is -0.294. The molecule has 0 bridgehead atoms. The third-order valence-electron chi connectivity index (χ3n) is 1.50. The predicted molar refractivity (Wildman–Crippen MR) is 50.8 cm³/mol. The molecule has 14 heavy (non-hydrogen) atoms. The minimum absolute atomic E-state index is 0.0467. The fourth-order valence-corrected chi connectivity index (χ4v) is 1.27. The highest BCUT2D eigenvalue weighted by atomic mass is 127. The molecule has 2 nitrogen and oxygen atoms in total. The molecule has 0 saturated carbocycles. The van der Waals surface area contributed by atoms with Crippen molar-refractivity contribution in [2.45, 2.75) is 6.18 Å². The van der Waals surface area contributed by atoms with Gasteiger partial charge in [-0.05, 0) is 18.2 Å². The van der Waals surface area contributed by atoms with Crippen LogP contribution in [0.3, 0.4) is 0 Å². The Kier molecular flexibility index (Phi) is 3.21. The third kappa shape index (κ3) is 2.29. The number of hydrogen-bond donors (Lipinski definition) is 0. The van der Waals surface area contributed by atoms with E-state index in [-0.39, 0.29) is 11.3 Å². The van der Waals surface area contributed by atoms with Gasteiger partial charge in [0.15, 0.2) is 23.0 Å². The first kappa shape index (κ1) is 11.1. The second-order valence-corrected chi connectivity index (χ2v) is 2.84. The number of rotatable bonds is 1. The number of nitrogens with zero attached hydrogens (tertiary/aromatic N) is 1. The topological polar surface area (TPSA) is 33.0 Å². The van der Waals surface area contributed by atoms with Crippen LogP contribution in [0.5, 0.6) is 5.75 Å². The third-order valence-corrected chi connectivity index (χ3v) is 1.97. The van der Waals surface area contributed by atoms with E-state index in [0.29, 0.717) is 0 Å². The van der Waals surface area contributed by atoms with Gasteiger partial charge in [0.2, 0.25) is 0 Å². The highest BCUT2D eigenvalue weighted by Gasteiger charge is 2.34. The van der Waals surface area contributed by atoms with Crippen LogP contribution in [0, 0.1) is 11.3 Å². The lowest BCUT2D eigenvalue weighted by molar-refractivity contribution is -0.138. The maximum Gasteiger partial charge on any atom is 0.420 e. The molecule has 74 valence electrons. The second-order valence-electron chi connectivity index (χ2n) is 2.40. The van der Waals surface area contributed by atoms with E-state index in [9.17, 15) is 13.2 Å². The molecule has 0 aromatic heterocycles. The average Bonchev–Trinajstić information content (AvgIpc) is 2.15. The molecular formula is C8H3F3INO. The summed E-state index contributed by atoms with van der Waals surface area (Å²) in [7, 11) is 0. The standard InChI is InChI=1S/C8H3F3INO/c9-8(10,11)6-3-5(4-13)1-2-7(6)14-12/h1-3H. The van der Waals surface area contributed by atoms with Crippen LogP contribution in [-0.2, 0) is 6.18 Å². The second kappa shape index (κ2) is 4.04. The number of halogens is 4. The monoisotopic (exact) mass is 313 g/mol. The fourth-order valence-electron chi connectivity index (χ4n) is 0.888. The minimum Gasteiger partial charge on any atom is -0.427 e. The molecule has 0 spiro atoms. The van der Waals surface area contributed by atoms with Gasteiger partial charge in [-0.25, -0.2) is 0 Å². The van der Waals surface area contributed by atoms with Gasteiger partial charge in [0.05, 0.1) is 17.2 Å². The van der Waals surface area contributed by atoms with E-state index in [2.05, 4.69) is 3.07 Å². The first-order valence-corrected chi connectivity index (χ1v) is 4.27. The van der Waals surface area contributed by atoms with Gasteiger partial charge < -0.3 is 3.07 Å². The zero-order valence-electron chi connectivity index (χ0n) is 6.60. The molecule has 0 fully saturated rings. The Morgan fingerprint density at radius 2 is 2.00 bits per heavy atom. The zero-order chi connectivity index (χ0) is 10.8. The summed E-state index contributed by atoms with van der Waals surface area (Å²) in [6, 6.07) is 4.78. The first-order chi connectivity index (χ1) is 6.49. The van der Waals surface area contributed by atoms with E-state index in [4.69, 9.17) is 5.26 Å². The lowest BCUT2D eigenvalue weighted by Crippen LogP contribution is -2.06. The lowest BCUT2D eigenvalue weighted by atomic mass is 10.1. The van der Waals surface area contributed by atoms with Gasteiger partial charge in [-0.3, -0.25) is 0 Å². The number of hydrogen-bond acceptors (Lipinski definition) is 2. The van der Waals surface area contributed by atoms with Gasteiger partial charge in [-0.15, -0.1) is 0 Å². The van der Waals surface area contributed by atoms with E-state index >= 15 is 0 Å². The van der Waals surface area contributed by atoms with E-state index in [1.54, 1.807) is 6.07 Å². The summed E-state index contributed by atoms with van der Waals surface area (Å²) < 4.78 is 41.6. The van der Waals surface area contributed by atoms with Crippen LogP contribution < -0.4 is 3.07 Å². The van der Waals surface area contributed by atoms with Crippen LogP contribution in [-0.4, -0.2) is 0 Å². The number of nitriles is 1. The molecule has 0 radical (unpaired) electrons. The van der Waals surface area contributed by atoms with Gasteiger partial charge in [0, 0.05) is 0 Å². The van der Waals surface area contributed by atoms with Gasteiger partial charge in [-0.2, -0.15) is 18.4 Å². The van der Waals surface area contributed by atoms with Gasteiger partial charge in [-0.1, -0.05) is 0 Å². The van der Waals surface area contributed by atoms with Crippen molar-refractivity contribution in [3.05, 3.63) is 29.3 Å². The summed E-state index contributed by atoms with van der Waals surface area (Å²) in [4.78, 5) is 0. The zero-order valence-corrected chi connectivity index (χ0v) is 8.76. The van der Waals surface area contributed by atoms with Gasteiger partial charge in [0.25, 0.3) is 0 Å². The molecule has 1 rings (SSSR count). The summed E-state index contributed by atoms with van der Waals surface area (Å²) in [5.41, 5.74) is -0.986. The molecule has 0 aliphatic heterocycles. The van der Waals surface area contributed by atoms with Crippen molar-refractivity contribution in [3.8, 4) is 11.8 Å². The maximum atomic E-state index is 12.4. The molecule has 0 unspecified atom stereocenters. The largest absolute Gasteiger partial charge is 0.427 e. The van der Waals surface area contributed by atoms with Crippen LogP contribution in [0.15, 0.2) is 18.2 Å². The van der Waals surface area contributed by atoms with Crippen LogP contribution >= 0.6 is 23.0 Å². The number of alkyl halides is 3. The van der Waals surface area contributed by atoms with Crippen LogP contribution in [0.25, 0.3) is 0 Å². The Morgan fingerprint density at radius 1 is 1.36 bits per heavy atom. The highest BCUT2D eigenvalue weighted by Crippen LogP contribution is 2.37. The van der Waals surface area contributed by atoms with E-state index in [0.717, 1.165) is 12.1 Å². The SMILES string of the molecule is N#Cc1ccc(OI)c(C(F)(F)F)c1. The molecule has 0 N–H and O–H groups in total. The Morgan fingerprint density at radius 3 is 2.43 bits per heavy atom. The van der Waals surface area contributed by atoms with Crippen molar-refractivity contribution < 1.29 is 16.2 Å². The van der Waals surface area contributed by atoms with E-state index < -0.39 is 11.7 Å². The van der Waals surface area contributed by atoms with Crippen molar-refractivity contribution in [2.75, 3.05) is 0 Å². The quantitative estimate of drug-likeness (QED) is 0.745. The van der Waals surface area contributed by atoms with Crippen molar-refractivity contribution in [1.29, 1.82) is 5.26 Å². The Bertz CT molecular complexity index is 383. The number of benzene rings is 1. The van der Waals surface area contributed by atoms with Crippen LogP contribution in [0.2, 0.25) is 0 Å². The summed E-state index contributed by atoms with van der Waals surface area (Å²) in [6.45, 7) is 0. The Balaban J connectivity index is 3.31. The van der Waals surface area contributed by atoms with Crippen molar-refractivity contribution >= 4 is 23.0 Å².